The Morgan fingerprint density at radius 1 is 1.29 bits per heavy atom. The summed E-state index contributed by atoms with van der Waals surface area (Å²) in [5.74, 6) is 1.32. The summed E-state index contributed by atoms with van der Waals surface area (Å²) < 4.78 is 11.5. The van der Waals surface area contributed by atoms with Crippen molar-refractivity contribution in [2.24, 2.45) is 11.1 Å². The summed E-state index contributed by atoms with van der Waals surface area (Å²) in [7, 11) is 0. The standard InChI is InChI=1S/C13H18ClNO2/c1-8(15)9-4-10(14)12-11(5-9)16-6-13(2,3)7-17-12/h4-5,8H,6-7,15H2,1-3H3. The van der Waals surface area contributed by atoms with E-state index in [1.807, 2.05) is 19.1 Å². The van der Waals surface area contributed by atoms with Gasteiger partial charge in [-0.3, -0.25) is 0 Å². The van der Waals surface area contributed by atoms with Gasteiger partial charge in [0.05, 0.1) is 18.2 Å². The molecule has 4 heteroatoms. The van der Waals surface area contributed by atoms with Crippen molar-refractivity contribution in [3.05, 3.63) is 22.7 Å². The highest BCUT2D eigenvalue weighted by Crippen LogP contribution is 2.41. The predicted molar refractivity (Wildman–Crippen MR) is 68.8 cm³/mol. The van der Waals surface area contributed by atoms with Crippen LogP contribution in [0.5, 0.6) is 11.5 Å². The Morgan fingerprint density at radius 3 is 2.59 bits per heavy atom. The van der Waals surface area contributed by atoms with Gasteiger partial charge in [-0.15, -0.1) is 0 Å². The fraction of sp³-hybridized carbons (Fsp3) is 0.538. The van der Waals surface area contributed by atoms with Crippen molar-refractivity contribution in [2.75, 3.05) is 13.2 Å². The predicted octanol–water partition coefficient (Wildman–Crippen LogP) is 3.16. The van der Waals surface area contributed by atoms with Crippen LogP contribution in [0.2, 0.25) is 5.02 Å². The van der Waals surface area contributed by atoms with Crippen LogP contribution < -0.4 is 15.2 Å². The van der Waals surface area contributed by atoms with Gasteiger partial charge in [0.2, 0.25) is 0 Å². The smallest absolute Gasteiger partial charge is 0.179 e. The van der Waals surface area contributed by atoms with Crippen LogP contribution in [0, 0.1) is 5.41 Å². The molecular formula is C13H18ClNO2. The largest absolute Gasteiger partial charge is 0.489 e. The second kappa shape index (κ2) is 4.39. The Bertz CT molecular complexity index is 430. The normalized spacial score (nSPS) is 19.6. The van der Waals surface area contributed by atoms with Crippen LogP contribution in [0.3, 0.4) is 0 Å². The minimum absolute atomic E-state index is 0.0170. The van der Waals surface area contributed by atoms with E-state index in [4.69, 9.17) is 26.8 Å². The van der Waals surface area contributed by atoms with Crippen molar-refractivity contribution in [1.82, 2.24) is 0 Å². The Balaban J connectivity index is 2.39. The molecule has 94 valence electrons. The Kier molecular flexibility index (Phi) is 3.23. The summed E-state index contributed by atoms with van der Waals surface area (Å²) in [5.41, 5.74) is 6.79. The van der Waals surface area contributed by atoms with Gasteiger partial charge in [0.15, 0.2) is 11.5 Å². The molecular weight excluding hydrogens is 238 g/mol. The topological polar surface area (TPSA) is 44.5 Å². The molecule has 1 aromatic carbocycles. The minimum atomic E-state index is -0.0716. The van der Waals surface area contributed by atoms with Crippen molar-refractivity contribution in [2.45, 2.75) is 26.8 Å². The van der Waals surface area contributed by atoms with E-state index >= 15 is 0 Å². The number of fused-ring (bicyclic) bond motifs is 1. The minimum Gasteiger partial charge on any atom is -0.489 e. The molecule has 2 N–H and O–H groups in total. The maximum absolute atomic E-state index is 6.20. The first-order valence-electron chi connectivity index (χ1n) is 5.74. The van der Waals surface area contributed by atoms with E-state index in [1.165, 1.54) is 0 Å². The van der Waals surface area contributed by atoms with Crippen LogP contribution in [-0.4, -0.2) is 13.2 Å². The van der Waals surface area contributed by atoms with Gasteiger partial charge in [-0.25, -0.2) is 0 Å². The maximum atomic E-state index is 6.20. The van der Waals surface area contributed by atoms with Gasteiger partial charge < -0.3 is 15.2 Å². The average Bonchev–Trinajstić information content (AvgIpc) is 2.38. The lowest BCUT2D eigenvalue weighted by Crippen LogP contribution is -2.26. The molecule has 0 saturated carbocycles. The van der Waals surface area contributed by atoms with Gasteiger partial charge in [0.25, 0.3) is 0 Å². The summed E-state index contributed by atoms with van der Waals surface area (Å²) in [6.07, 6.45) is 0. The molecule has 0 fully saturated rings. The summed E-state index contributed by atoms with van der Waals surface area (Å²) in [6, 6.07) is 3.68. The zero-order chi connectivity index (χ0) is 12.6. The fourth-order valence-electron chi connectivity index (χ4n) is 1.68. The number of rotatable bonds is 1. The quantitative estimate of drug-likeness (QED) is 0.838. The molecule has 0 amide bonds. The third kappa shape index (κ3) is 2.67. The molecule has 0 spiro atoms. The van der Waals surface area contributed by atoms with Gasteiger partial charge in [-0.2, -0.15) is 0 Å². The first kappa shape index (κ1) is 12.5. The molecule has 1 aliphatic rings. The van der Waals surface area contributed by atoms with Crippen molar-refractivity contribution in [3.63, 3.8) is 0 Å². The van der Waals surface area contributed by atoms with Crippen molar-refractivity contribution in [3.8, 4) is 11.5 Å². The second-order valence-electron chi connectivity index (χ2n) is 5.36. The van der Waals surface area contributed by atoms with Crippen LogP contribution in [0.4, 0.5) is 0 Å². The maximum Gasteiger partial charge on any atom is 0.179 e. The number of hydrogen-bond donors (Lipinski definition) is 1. The van der Waals surface area contributed by atoms with Gasteiger partial charge in [-0.05, 0) is 24.6 Å². The zero-order valence-electron chi connectivity index (χ0n) is 10.4. The Labute approximate surface area is 107 Å². The summed E-state index contributed by atoms with van der Waals surface area (Å²) in [5, 5.41) is 0.563. The Morgan fingerprint density at radius 2 is 1.94 bits per heavy atom. The molecule has 0 bridgehead atoms. The monoisotopic (exact) mass is 255 g/mol. The molecule has 0 aromatic heterocycles. The van der Waals surface area contributed by atoms with Gasteiger partial charge in [0.1, 0.15) is 0 Å². The van der Waals surface area contributed by atoms with Gasteiger partial charge in [0, 0.05) is 11.5 Å². The lowest BCUT2D eigenvalue weighted by atomic mass is 9.97. The Hall–Kier alpha value is -0.930. The van der Waals surface area contributed by atoms with Gasteiger partial charge >= 0.3 is 0 Å². The number of benzene rings is 1. The summed E-state index contributed by atoms with van der Waals surface area (Å²) >= 11 is 6.20. The molecule has 3 nitrogen and oxygen atoms in total. The highest BCUT2D eigenvalue weighted by atomic mass is 35.5. The molecule has 1 aromatic rings. The molecule has 1 atom stereocenters. The molecule has 2 rings (SSSR count). The average molecular weight is 256 g/mol. The van der Waals surface area contributed by atoms with Crippen molar-refractivity contribution < 1.29 is 9.47 Å². The number of hydrogen-bond acceptors (Lipinski definition) is 3. The fourth-order valence-corrected chi connectivity index (χ4v) is 1.95. The first-order valence-corrected chi connectivity index (χ1v) is 6.11. The highest BCUT2D eigenvalue weighted by molar-refractivity contribution is 6.32. The first-order chi connectivity index (χ1) is 7.89. The number of nitrogens with two attached hydrogens (primary N) is 1. The molecule has 1 unspecified atom stereocenters. The highest BCUT2D eigenvalue weighted by Gasteiger charge is 2.27. The van der Waals surface area contributed by atoms with E-state index < -0.39 is 0 Å². The molecule has 0 aliphatic carbocycles. The summed E-state index contributed by atoms with van der Waals surface area (Å²) in [6.45, 7) is 7.31. The molecule has 17 heavy (non-hydrogen) atoms. The summed E-state index contributed by atoms with van der Waals surface area (Å²) in [4.78, 5) is 0. The third-order valence-electron chi connectivity index (χ3n) is 2.78. The van der Waals surface area contributed by atoms with Crippen LogP contribution in [0.25, 0.3) is 0 Å². The van der Waals surface area contributed by atoms with E-state index in [2.05, 4.69) is 13.8 Å². The van der Waals surface area contributed by atoms with Crippen LogP contribution in [-0.2, 0) is 0 Å². The number of halogens is 1. The van der Waals surface area contributed by atoms with E-state index in [0.29, 0.717) is 29.7 Å². The lowest BCUT2D eigenvalue weighted by Gasteiger charge is -2.19. The van der Waals surface area contributed by atoms with E-state index in [0.717, 1.165) is 5.56 Å². The van der Waals surface area contributed by atoms with E-state index in [-0.39, 0.29) is 11.5 Å². The van der Waals surface area contributed by atoms with Crippen molar-refractivity contribution in [1.29, 1.82) is 0 Å². The number of ether oxygens (including phenoxy) is 2. The third-order valence-corrected chi connectivity index (χ3v) is 3.06. The van der Waals surface area contributed by atoms with Crippen LogP contribution in [0.1, 0.15) is 32.4 Å². The second-order valence-corrected chi connectivity index (χ2v) is 5.77. The molecule has 1 heterocycles. The lowest BCUT2D eigenvalue weighted by molar-refractivity contribution is 0.140. The zero-order valence-corrected chi connectivity index (χ0v) is 11.2. The SMILES string of the molecule is CC(N)c1cc(Cl)c2c(c1)OCC(C)(C)CO2. The molecule has 0 saturated heterocycles. The molecule has 0 radical (unpaired) electrons. The van der Waals surface area contributed by atoms with Crippen LogP contribution in [0.15, 0.2) is 12.1 Å². The van der Waals surface area contributed by atoms with Crippen molar-refractivity contribution >= 4 is 11.6 Å². The molecule has 1 aliphatic heterocycles. The van der Waals surface area contributed by atoms with Gasteiger partial charge in [-0.1, -0.05) is 25.4 Å². The van der Waals surface area contributed by atoms with E-state index in [1.54, 1.807) is 0 Å². The van der Waals surface area contributed by atoms with E-state index in [9.17, 15) is 0 Å². The van der Waals surface area contributed by atoms with Crippen LogP contribution >= 0.6 is 11.6 Å².